The number of rotatable bonds is 18. The second kappa shape index (κ2) is 16.1. The molecule has 0 saturated heterocycles. The highest BCUT2D eigenvalue weighted by atomic mass is 31.2. The van der Waals surface area contributed by atoms with Crippen molar-refractivity contribution < 1.29 is 37.1 Å². The van der Waals surface area contributed by atoms with Gasteiger partial charge in [-0.05, 0) is 49.8 Å². The Kier molecular flexibility index (Phi) is 12.9. The zero-order valence-electron chi connectivity index (χ0n) is 26.5. The average molecular weight is 651 g/mol. The van der Waals surface area contributed by atoms with Crippen LogP contribution >= 0.6 is 7.75 Å². The van der Waals surface area contributed by atoms with Crippen molar-refractivity contribution in [2.75, 3.05) is 25.6 Å². The van der Waals surface area contributed by atoms with E-state index in [2.05, 4.69) is 23.9 Å². The maximum absolute atomic E-state index is 14.1. The number of para-hydroxylation sites is 1. The molecule has 1 unspecified atom stereocenters. The normalized spacial score (nSPS) is 18.9. The molecule has 0 radical (unpaired) electrons. The number of halogens is 1. The summed E-state index contributed by atoms with van der Waals surface area (Å²) in [6.07, 6.45) is 6.28. The summed E-state index contributed by atoms with van der Waals surface area (Å²) < 4.78 is 51.8. The van der Waals surface area contributed by atoms with Crippen molar-refractivity contribution in [3.05, 3.63) is 58.4 Å². The van der Waals surface area contributed by atoms with Crippen molar-refractivity contribution in [3.63, 3.8) is 0 Å². The Balaban J connectivity index is 1.83. The molecule has 1 aliphatic rings. The molecule has 3 N–H and O–H groups in total. The lowest BCUT2D eigenvalue weighted by atomic mass is 9.99. The van der Waals surface area contributed by atoms with Crippen LogP contribution in [0.15, 0.2) is 46.9 Å². The lowest BCUT2D eigenvalue weighted by molar-refractivity contribution is -0.149. The molecule has 14 heteroatoms. The second-order valence-electron chi connectivity index (χ2n) is 11.6. The van der Waals surface area contributed by atoms with Gasteiger partial charge in [0.2, 0.25) is 0 Å². The number of carbonyl (C=O) groups is 2. The van der Waals surface area contributed by atoms with E-state index in [0.717, 1.165) is 36.4 Å². The van der Waals surface area contributed by atoms with Crippen LogP contribution in [0.1, 0.15) is 66.7 Å². The van der Waals surface area contributed by atoms with Crippen LogP contribution in [0, 0.1) is 23.1 Å². The quantitative estimate of drug-likeness (QED) is 0.158. The molecule has 248 valence electrons. The lowest BCUT2D eigenvalue weighted by Crippen LogP contribution is -2.36. The number of carbonyl (C=O) groups excluding carboxylic acids is 2. The maximum Gasteiger partial charge on any atom is 0.459 e. The maximum atomic E-state index is 14.1. The SMILES string of the molecule is CCCC(CCC)COC(=O)[C@H](C)N[P@](=O)(OCC1(COC(=O)C(C)C)C/C1=C/n1cc(F)c(N)nc1=O)Oc1ccccc1. The first-order chi connectivity index (χ1) is 21.3. The molecule has 0 spiro atoms. The molecule has 1 aliphatic carbocycles. The Hall–Kier alpha value is -3.54. The lowest BCUT2D eigenvalue weighted by Gasteiger charge is -2.25. The van der Waals surface area contributed by atoms with Crippen molar-refractivity contribution in [1.82, 2.24) is 14.6 Å². The molecule has 0 aliphatic heterocycles. The summed E-state index contributed by atoms with van der Waals surface area (Å²) in [5, 5.41) is 2.68. The Labute approximate surface area is 263 Å². The molecule has 1 saturated carbocycles. The third kappa shape index (κ3) is 10.5. The highest BCUT2D eigenvalue weighted by molar-refractivity contribution is 7.52. The number of nitrogens with zero attached hydrogens (tertiary/aromatic N) is 2. The number of nitrogens with two attached hydrogens (primary N) is 1. The van der Waals surface area contributed by atoms with E-state index in [1.54, 1.807) is 44.2 Å². The van der Waals surface area contributed by atoms with E-state index in [0.29, 0.717) is 5.57 Å². The highest BCUT2D eigenvalue weighted by Gasteiger charge is 2.52. The largest absolute Gasteiger partial charge is 0.464 e. The van der Waals surface area contributed by atoms with E-state index < -0.39 is 54.4 Å². The van der Waals surface area contributed by atoms with E-state index in [-0.39, 0.29) is 37.9 Å². The van der Waals surface area contributed by atoms with Gasteiger partial charge >= 0.3 is 25.4 Å². The highest BCUT2D eigenvalue weighted by Crippen LogP contribution is 2.56. The van der Waals surface area contributed by atoms with E-state index in [1.807, 2.05) is 0 Å². The van der Waals surface area contributed by atoms with Gasteiger partial charge in [-0.1, -0.05) is 58.7 Å². The molecular weight excluding hydrogens is 606 g/mol. The molecule has 3 atom stereocenters. The third-order valence-electron chi connectivity index (χ3n) is 7.32. The molecule has 0 amide bonds. The van der Waals surface area contributed by atoms with Crippen LogP contribution in [0.2, 0.25) is 0 Å². The molecule has 45 heavy (non-hydrogen) atoms. The zero-order valence-corrected chi connectivity index (χ0v) is 27.4. The molecule has 12 nitrogen and oxygen atoms in total. The van der Waals surface area contributed by atoms with Crippen LogP contribution in [-0.2, 0) is 28.2 Å². The van der Waals surface area contributed by atoms with Gasteiger partial charge in [0, 0.05) is 6.20 Å². The van der Waals surface area contributed by atoms with Crippen molar-refractivity contribution in [2.45, 2.75) is 72.8 Å². The molecule has 1 fully saturated rings. The van der Waals surface area contributed by atoms with Gasteiger partial charge < -0.3 is 19.7 Å². The summed E-state index contributed by atoms with van der Waals surface area (Å²) in [6.45, 7) is 8.78. The summed E-state index contributed by atoms with van der Waals surface area (Å²) in [6, 6.07) is 7.23. The first-order valence-corrected chi connectivity index (χ1v) is 16.7. The van der Waals surface area contributed by atoms with Gasteiger partial charge in [-0.25, -0.2) is 13.8 Å². The molecule has 0 bridgehead atoms. The van der Waals surface area contributed by atoms with Crippen molar-refractivity contribution in [3.8, 4) is 5.75 Å². The second-order valence-corrected chi connectivity index (χ2v) is 13.3. The van der Waals surface area contributed by atoms with Crippen LogP contribution in [0.4, 0.5) is 10.2 Å². The van der Waals surface area contributed by atoms with Crippen LogP contribution < -0.4 is 21.0 Å². The van der Waals surface area contributed by atoms with Gasteiger partial charge in [-0.3, -0.25) is 18.7 Å². The fourth-order valence-corrected chi connectivity index (χ4v) is 6.16. The Morgan fingerprint density at radius 1 is 1.11 bits per heavy atom. The van der Waals surface area contributed by atoms with Gasteiger partial charge in [0.05, 0.1) is 30.7 Å². The number of aromatic nitrogens is 2. The number of benzene rings is 1. The Morgan fingerprint density at radius 2 is 1.78 bits per heavy atom. The smallest absolute Gasteiger partial charge is 0.459 e. The number of hydrogen-bond acceptors (Lipinski definition) is 10. The fourth-order valence-electron chi connectivity index (χ4n) is 4.59. The Morgan fingerprint density at radius 3 is 2.40 bits per heavy atom. The van der Waals surface area contributed by atoms with Crippen molar-refractivity contribution in [2.24, 2.45) is 17.3 Å². The monoisotopic (exact) mass is 650 g/mol. The molecule has 3 rings (SSSR count). The minimum atomic E-state index is -4.26. The molecular formula is C31H44FN4O8P. The predicted octanol–water partition coefficient (Wildman–Crippen LogP) is 5.34. The van der Waals surface area contributed by atoms with E-state index in [1.165, 1.54) is 13.1 Å². The summed E-state index contributed by atoms with van der Waals surface area (Å²) >= 11 is 0. The summed E-state index contributed by atoms with van der Waals surface area (Å²) in [7, 11) is -4.26. The molecule has 1 aromatic carbocycles. The molecule has 1 aromatic heterocycles. The number of nitrogen functional groups attached to an aromatic ring is 1. The predicted molar refractivity (Wildman–Crippen MR) is 167 cm³/mol. The van der Waals surface area contributed by atoms with Crippen molar-refractivity contribution >= 4 is 31.7 Å². The van der Waals surface area contributed by atoms with Crippen LogP contribution in [0.25, 0.3) is 6.20 Å². The number of ether oxygens (including phenoxy) is 2. The van der Waals surface area contributed by atoms with E-state index in [9.17, 15) is 23.3 Å². The van der Waals surface area contributed by atoms with E-state index in [4.69, 9.17) is 24.3 Å². The molecule has 2 aromatic rings. The first kappa shape index (κ1) is 35.9. The van der Waals surface area contributed by atoms with Crippen LogP contribution in [0.5, 0.6) is 5.75 Å². The van der Waals surface area contributed by atoms with Crippen LogP contribution in [-0.4, -0.2) is 47.4 Å². The van der Waals surface area contributed by atoms with Crippen LogP contribution in [0.3, 0.4) is 0 Å². The topological polar surface area (TPSA) is 161 Å². The minimum absolute atomic E-state index is 0.172. The summed E-state index contributed by atoms with van der Waals surface area (Å²) in [4.78, 5) is 41.0. The first-order valence-electron chi connectivity index (χ1n) is 15.2. The third-order valence-corrected chi connectivity index (χ3v) is 8.94. The number of anilines is 1. The van der Waals surface area contributed by atoms with Gasteiger partial charge in [0.25, 0.3) is 0 Å². The average Bonchev–Trinajstić information content (AvgIpc) is 3.69. The Bertz CT molecular complexity index is 1440. The van der Waals surface area contributed by atoms with Gasteiger partial charge in [-0.2, -0.15) is 10.1 Å². The molecule has 1 heterocycles. The van der Waals surface area contributed by atoms with Gasteiger partial charge in [0.1, 0.15) is 18.4 Å². The number of esters is 2. The van der Waals surface area contributed by atoms with E-state index >= 15 is 0 Å². The number of hydrogen-bond donors (Lipinski definition) is 2. The van der Waals surface area contributed by atoms with Gasteiger partial charge in [-0.15, -0.1) is 0 Å². The summed E-state index contributed by atoms with van der Waals surface area (Å²) in [5.74, 6) is -2.47. The fraction of sp³-hybridized carbons (Fsp3) is 0.548. The number of nitrogens with one attached hydrogen (secondary N) is 1. The minimum Gasteiger partial charge on any atom is -0.464 e. The van der Waals surface area contributed by atoms with Crippen molar-refractivity contribution in [1.29, 1.82) is 0 Å². The summed E-state index contributed by atoms with van der Waals surface area (Å²) in [5.41, 5.74) is 4.11. The zero-order chi connectivity index (χ0) is 33.2. The standard InChI is InChI=1S/C31H44FN4O8P/c1-6-11-23(12-7-2)18-41-29(38)22(5)35-45(40,44-25-13-9-8-10-14-25)43-20-31(19-42-28(37)21(3)4)15-24(31)16-36-17-26(32)27(33)34-30(36)39/h8-10,13-14,16-17,21-23H,6-7,11-12,15,18-20H2,1-5H3,(H,35,40)(H2,33,34,39)/b24-16-/t22-,31?,45-/m0/s1. The van der Waals surface area contributed by atoms with Gasteiger partial charge in [0.15, 0.2) is 11.6 Å².